The number of aromatic nitrogens is 2. The summed E-state index contributed by atoms with van der Waals surface area (Å²) in [6, 6.07) is 7.47. The van der Waals surface area contributed by atoms with Crippen molar-refractivity contribution in [3.8, 4) is 0 Å². The first-order valence-electron chi connectivity index (χ1n) is 8.15. The van der Waals surface area contributed by atoms with Gasteiger partial charge >= 0.3 is 0 Å². The Hall–Kier alpha value is -2.54. The number of benzene rings is 1. The van der Waals surface area contributed by atoms with Crippen molar-refractivity contribution in [3.63, 3.8) is 0 Å². The Balaban J connectivity index is 1.77. The molecule has 0 fully saturated rings. The molecule has 0 saturated heterocycles. The fraction of sp³-hybridized carbons (Fsp3) is 0.333. The average molecular weight is 356 g/mol. The quantitative estimate of drug-likeness (QED) is 0.909. The molecule has 7 heteroatoms. The highest BCUT2D eigenvalue weighted by atomic mass is 32.1. The molecule has 0 aliphatic carbocycles. The molecule has 130 valence electrons. The lowest BCUT2D eigenvalue weighted by atomic mass is 9.93. The molecule has 0 spiro atoms. The first-order chi connectivity index (χ1) is 12.0. The normalized spacial score (nSPS) is 16.0. The van der Waals surface area contributed by atoms with Crippen LogP contribution in [0.1, 0.15) is 55.3 Å². The van der Waals surface area contributed by atoms with E-state index in [0.717, 1.165) is 16.1 Å². The van der Waals surface area contributed by atoms with Crippen molar-refractivity contribution in [1.29, 1.82) is 0 Å². The van der Waals surface area contributed by atoms with Gasteiger partial charge in [0.2, 0.25) is 16.9 Å². The number of fused-ring (bicyclic) bond motifs is 1. The van der Waals surface area contributed by atoms with E-state index in [1.165, 1.54) is 18.3 Å². The molecule has 2 amide bonds. The minimum atomic E-state index is -0.323. The first-order valence-corrected chi connectivity index (χ1v) is 8.96. The number of anilines is 1. The highest BCUT2D eigenvalue weighted by Crippen LogP contribution is 2.33. The molecule has 1 aromatic heterocycles. The third-order valence-electron chi connectivity index (χ3n) is 4.03. The third-order valence-corrected chi connectivity index (χ3v) is 5.17. The summed E-state index contributed by atoms with van der Waals surface area (Å²) >= 11 is 1.38. The first kappa shape index (κ1) is 17.3. The number of nitrogens with one attached hydrogen (secondary N) is 1. The van der Waals surface area contributed by atoms with Gasteiger partial charge in [-0.25, -0.2) is 0 Å². The SMILES string of the molecule is CC(=O)N1C=Cc2ccccc2[C@H]1CC(=O)Nc1nnc(C(C)C)s1. The van der Waals surface area contributed by atoms with Gasteiger partial charge in [0.25, 0.3) is 0 Å². The van der Waals surface area contributed by atoms with Gasteiger partial charge in [0.1, 0.15) is 5.01 Å². The fourth-order valence-electron chi connectivity index (χ4n) is 2.78. The van der Waals surface area contributed by atoms with Gasteiger partial charge < -0.3 is 10.2 Å². The van der Waals surface area contributed by atoms with Crippen LogP contribution in [0.3, 0.4) is 0 Å². The second-order valence-electron chi connectivity index (χ2n) is 6.24. The molecule has 25 heavy (non-hydrogen) atoms. The van der Waals surface area contributed by atoms with Crippen LogP contribution in [0.2, 0.25) is 0 Å². The molecule has 3 rings (SSSR count). The van der Waals surface area contributed by atoms with Crippen molar-refractivity contribution in [2.45, 2.75) is 39.2 Å². The third kappa shape index (κ3) is 3.76. The summed E-state index contributed by atoms with van der Waals surface area (Å²) in [5, 5.41) is 12.3. The average Bonchev–Trinajstić information content (AvgIpc) is 3.03. The van der Waals surface area contributed by atoms with E-state index < -0.39 is 0 Å². The summed E-state index contributed by atoms with van der Waals surface area (Å²) in [6.45, 7) is 5.56. The van der Waals surface area contributed by atoms with Crippen molar-refractivity contribution in [3.05, 3.63) is 46.6 Å². The zero-order valence-corrected chi connectivity index (χ0v) is 15.2. The van der Waals surface area contributed by atoms with Crippen molar-refractivity contribution < 1.29 is 9.59 Å². The summed E-state index contributed by atoms with van der Waals surface area (Å²) in [5.74, 6) is -0.0129. The predicted octanol–water partition coefficient (Wildman–Crippen LogP) is 3.56. The van der Waals surface area contributed by atoms with Gasteiger partial charge in [0, 0.05) is 19.0 Å². The maximum absolute atomic E-state index is 12.5. The number of carbonyl (C=O) groups is 2. The van der Waals surface area contributed by atoms with Crippen molar-refractivity contribution >= 4 is 34.4 Å². The highest BCUT2D eigenvalue weighted by molar-refractivity contribution is 7.15. The van der Waals surface area contributed by atoms with E-state index in [2.05, 4.69) is 15.5 Å². The van der Waals surface area contributed by atoms with E-state index in [1.54, 1.807) is 11.1 Å². The molecule has 0 saturated carbocycles. The lowest BCUT2D eigenvalue weighted by Crippen LogP contribution is -2.33. The Labute approximate surface area is 150 Å². The van der Waals surface area contributed by atoms with Gasteiger partial charge in [-0.05, 0) is 17.2 Å². The molecule has 2 heterocycles. The smallest absolute Gasteiger partial charge is 0.228 e. The highest BCUT2D eigenvalue weighted by Gasteiger charge is 2.28. The van der Waals surface area contributed by atoms with Crippen LogP contribution in [0.15, 0.2) is 30.5 Å². The molecule has 1 aliphatic heterocycles. The topological polar surface area (TPSA) is 75.2 Å². The zero-order chi connectivity index (χ0) is 18.0. The summed E-state index contributed by atoms with van der Waals surface area (Å²) in [4.78, 5) is 26.1. The van der Waals surface area contributed by atoms with Crippen LogP contribution in [-0.4, -0.2) is 26.9 Å². The summed E-state index contributed by atoms with van der Waals surface area (Å²) in [7, 11) is 0. The lowest BCUT2D eigenvalue weighted by molar-refractivity contribution is -0.129. The molecule has 0 bridgehead atoms. The molecule has 2 aromatic rings. The van der Waals surface area contributed by atoms with Crippen LogP contribution >= 0.6 is 11.3 Å². The van der Waals surface area contributed by atoms with E-state index in [1.807, 2.05) is 44.2 Å². The number of nitrogens with zero attached hydrogens (tertiary/aromatic N) is 3. The van der Waals surface area contributed by atoms with Gasteiger partial charge in [-0.2, -0.15) is 0 Å². The molecular formula is C18H20N4O2S. The van der Waals surface area contributed by atoms with Gasteiger partial charge in [0.15, 0.2) is 0 Å². The Morgan fingerprint density at radius 2 is 2.04 bits per heavy atom. The molecule has 1 aromatic carbocycles. The standard InChI is InChI=1S/C18H20N4O2S/c1-11(2)17-20-21-18(25-17)19-16(24)10-15-14-7-5-4-6-13(14)8-9-22(15)12(3)23/h4-9,11,15H,10H2,1-3H3,(H,19,21,24)/t15-/m1/s1. The number of hydrogen-bond acceptors (Lipinski definition) is 5. The molecule has 1 N–H and O–H groups in total. The summed E-state index contributed by atoms with van der Waals surface area (Å²) in [5.41, 5.74) is 1.99. The molecular weight excluding hydrogens is 336 g/mol. The Kier molecular flexibility index (Phi) is 4.94. The molecule has 1 aliphatic rings. The predicted molar refractivity (Wildman–Crippen MR) is 98.0 cm³/mol. The zero-order valence-electron chi connectivity index (χ0n) is 14.4. The van der Waals surface area contributed by atoms with Crippen molar-refractivity contribution in [2.75, 3.05) is 5.32 Å². The summed E-state index contributed by atoms with van der Waals surface area (Å²) in [6.07, 6.45) is 3.80. The van der Waals surface area contributed by atoms with Crippen molar-refractivity contribution in [2.24, 2.45) is 0 Å². The Morgan fingerprint density at radius 3 is 2.72 bits per heavy atom. The van der Waals surface area contributed by atoms with E-state index in [4.69, 9.17) is 0 Å². The molecule has 1 atom stereocenters. The monoisotopic (exact) mass is 356 g/mol. The van der Waals surface area contributed by atoms with Crippen LogP contribution in [0.4, 0.5) is 5.13 Å². The maximum Gasteiger partial charge on any atom is 0.228 e. The fourth-order valence-corrected chi connectivity index (χ4v) is 3.54. The van der Waals surface area contributed by atoms with Crippen LogP contribution in [-0.2, 0) is 9.59 Å². The van der Waals surface area contributed by atoms with E-state index in [9.17, 15) is 9.59 Å². The van der Waals surface area contributed by atoms with E-state index in [-0.39, 0.29) is 30.2 Å². The number of hydrogen-bond donors (Lipinski definition) is 1. The van der Waals surface area contributed by atoms with Gasteiger partial charge in [-0.3, -0.25) is 9.59 Å². The van der Waals surface area contributed by atoms with E-state index in [0.29, 0.717) is 5.13 Å². The molecule has 0 unspecified atom stereocenters. The molecule has 0 radical (unpaired) electrons. The lowest BCUT2D eigenvalue weighted by Gasteiger charge is -2.32. The van der Waals surface area contributed by atoms with Crippen LogP contribution in [0.25, 0.3) is 6.08 Å². The minimum absolute atomic E-state index is 0.0958. The largest absolute Gasteiger partial charge is 0.311 e. The second-order valence-corrected chi connectivity index (χ2v) is 7.25. The van der Waals surface area contributed by atoms with Gasteiger partial charge in [-0.1, -0.05) is 49.4 Å². The van der Waals surface area contributed by atoms with Gasteiger partial charge in [0.05, 0.1) is 12.5 Å². The Bertz CT molecular complexity index is 828. The minimum Gasteiger partial charge on any atom is -0.311 e. The maximum atomic E-state index is 12.5. The van der Waals surface area contributed by atoms with Crippen LogP contribution in [0, 0.1) is 0 Å². The van der Waals surface area contributed by atoms with Gasteiger partial charge in [-0.15, -0.1) is 10.2 Å². The second kappa shape index (κ2) is 7.14. The Morgan fingerprint density at radius 1 is 1.28 bits per heavy atom. The molecule has 6 nitrogen and oxygen atoms in total. The number of rotatable bonds is 4. The number of amides is 2. The summed E-state index contributed by atoms with van der Waals surface area (Å²) < 4.78 is 0. The van der Waals surface area contributed by atoms with Crippen LogP contribution < -0.4 is 5.32 Å². The van der Waals surface area contributed by atoms with E-state index >= 15 is 0 Å². The number of carbonyl (C=O) groups excluding carboxylic acids is 2. The van der Waals surface area contributed by atoms with Crippen molar-refractivity contribution in [1.82, 2.24) is 15.1 Å². The van der Waals surface area contributed by atoms with Crippen LogP contribution in [0.5, 0.6) is 0 Å².